The van der Waals surface area contributed by atoms with Gasteiger partial charge in [0.05, 0.1) is 21.8 Å². The van der Waals surface area contributed by atoms with Crippen LogP contribution in [0.5, 0.6) is 0 Å². The maximum atomic E-state index is 12.3. The highest BCUT2D eigenvalue weighted by atomic mass is 35.5. The number of imide groups is 1. The number of hydrogen-bond donors (Lipinski definition) is 1. The average Bonchev–Trinajstić information content (AvgIpc) is 2.78. The summed E-state index contributed by atoms with van der Waals surface area (Å²) in [4.78, 5) is 37.6. The highest BCUT2D eigenvalue weighted by Crippen LogP contribution is 2.26. The van der Waals surface area contributed by atoms with E-state index in [1.807, 2.05) is 0 Å². The minimum atomic E-state index is -0.442. The van der Waals surface area contributed by atoms with Gasteiger partial charge in [-0.3, -0.25) is 19.3 Å². The number of fused-ring (bicyclic) bond motifs is 1. The summed E-state index contributed by atoms with van der Waals surface area (Å²) >= 11 is 11.8. The smallest absolute Gasteiger partial charge is 0.261 e. The number of hydrogen-bond acceptors (Lipinski definition) is 3. The van der Waals surface area contributed by atoms with E-state index in [1.165, 1.54) is 12.1 Å². The van der Waals surface area contributed by atoms with Crippen molar-refractivity contribution < 1.29 is 14.4 Å². The third-order valence-corrected chi connectivity index (χ3v) is 4.21. The molecule has 0 radical (unpaired) electrons. The monoisotopic (exact) mass is 362 g/mol. The molecule has 0 aromatic heterocycles. The number of benzene rings is 2. The summed E-state index contributed by atoms with van der Waals surface area (Å²) in [6.45, 7) is -0.0136. The molecule has 0 aliphatic carbocycles. The summed E-state index contributed by atoms with van der Waals surface area (Å²) in [6.07, 6.45) is -0.0234. The molecule has 24 heavy (non-hydrogen) atoms. The van der Waals surface area contributed by atoms with E-state index in [1.54, 1.807) is 30.3 Å². The van der Waals surface area contributed by atoms with Gasteiger partial charge in [0.1, 0.15) is 0 Å². The normalized spacial score (nSPS) is 13.2. The van der Waals surface area contributed by atoms with E-state index in [4.69, 9.17) is 23.2 Å². The molecule has 1 aliphatic rings. The van der Waals surface area contributed by atoms with Gasteiger partial charge in [-0.2, -0.15) is 0 Å². The number of carbonyl (C=O) groups excluding carboxylic acids is 3. The van der Waals surface area contributed by atoms with Gasteiger partial charge >= 0.3 is 0 Å². The fourth-order valence-electron chi connectivity index (χ4n) is 2.45. The Kier molecular flexibility index (Phi) is 4.55. The zero-order chi connectivity index (χ0) is 17.3. The van der Waals surface area contributed by atoms with Crippen LogP contribution in [0.2, 0.25) is 10.0 Å². The Morgan fingerprint density at radius 2 is 1.71 bits per heavy atom. The highest BCUT2D eigenvalue weighted by Gasteiger charge is 2.35. The lowest BCUT2D eigenvalue weighted by molar-refractivity contribution is -0.116. The lowest BCUT2D eigenvalue weighted by Crippen LogP contribution is -2.32. The van der Waals surface area contributed by atoms with Crippen molar-refractivity contribution in [2.24, 2.45) is 0 Å². The van der Waals surface area contributed by atoms with Gasteiger partial charge in [0, 0.05) is 18.0 Å². The molecule has 1 aliphatic heterocycles. The van der Waals surface area contributed by atoms with E-state index in [9.17, 15) is 14.4 Å². The second-order valence-corrected chi connectivity index (χ2v) is 6.07. The molecule has 3 amide bonds. The molecule has 3 rings (SSSR count). The van der Waals surface area contributed by atoms with Crippen LogP contribution in [0.15, 0.2) is 42.5 Å². The predicted molar refractivity (Wildman–Crippen MR) is 91.5 cm³/mol. The molecule has 0 saturated heterocycles. The van der Waals surface area contributed by atoms with Crippen molar-refractivity contribution in [1.82, 2.24) is 4.90 Å². The molecule has 0 bridgehead atoms. The molecule has 0 fully saturated rings. The summed E-state index contributed by atoms with van der Waals surface area (Å²) in [5.41, 5.74) is 1.05. The minimum absolute atomic E-state index is 0.0136. The van der Waals surface area contributed by atoms with Crippen LogP contribution in [0, 0.1) is 0 Å². The third kappa shape index (κ3) is 3.13. The van der Waals surface area contributed by atoms with Crippen LogP contribution in [-0.4, -0.2) is 29.2 Å². The molecule has 7 heteroatoms. The fourth-order valence-corrected chi connectivity index (χ4v) is 2.81. The van der Waals surface area contributed by atoms with Crippen LogP contribution in [-0.2, 0) is 4.79 Å². The Labute approximate surface area is 148 Å². The van der Waals surface area contributed by atoms with Crippen molar-refractivity contribution in [2.75, 3.05) is 11.9 Å². The first-order valence-corrected chi connectivity index (χ1v) is 7.93. The molecule has 0 atom stereocenters. The summed E-state index contributed by atoms with van der Waals surface area (Å²) in [6, 6.07) is 11.4. The Morgan fingerprint density at radius 1 is 1.00 bits per heavy atom. The standard InChI is InChI=1S/C17H12Cl2N2O3/c18-10-5-6-11-12(9-10)17(24)21(16(11)23)8-7-15(22)20-14-4-2-1-3-13(14)19/h1-6,9H,7-8H2,(H,20,22). The van der Waals surface area contributed by atoms with Crippen molar-refractivity contribution in [3.05, 3.63) is 63.6 Å². The fraction of sp³-hybridized carbons (Fsp3) is 0.118. The first-order valence-electron chi connectivity index (χ1n) is 7.17. The molecule has 5 nitrogen and oxygen atoms in total. The number of nitrogens with zero attached hydrogens (tertiary/aromatic N) is 1. The first kappa shape index (κ1) is 16.5. The van der Waals surface area contributed by atoms with Gasteiger partial charge in [-0.1, -0.05) is 35.3 Å². The Bertz CT molecular complexity index is 851. The van der Waals surface area contributed by atoms with E-state index in [2.05, 4.69) is 5.32 Å². The van der Waals surface area contributed by atoms with Gasteiger partial charge in [-0.25, -0.2) is 0 Å². The second-order valence-electron chi connectivity index (χ2n) is 5.23. The molecule has 1 N–H and O–H groups in total. The lowest BCUT2D eigenvalue weighted by Gasteiger charge is -2.13. The summed E-state index contributed by atoms with van der Waals surface area (Å²) < 4.78 is 0. The number of carbonyl (C=O) groups is 3. The number of nitrogens with one attached hydrogen (secondary N) is 1. The predicted octanol–water partition coefficient (Wildman–Crippen LogP) is 3.62. The topological polar surface area (TPSA) is 66.5 Å². The Hall–Kier alpha value is -2.37. The number of halogens is 2. The van der Waals surface area contributed by atoms with Crippen LogP contribution >= 0.6 is 23.2 Å². The molecular formula is C17H12Cl2N2O3. The van der Waals surface area contributed by atoms with Crippen LogP contribution in [0.25, 0.3) is 0 Å². The summed E-state index contributed by atoms with van der Waals surface area (Å²) in [7, 11) is 0. The van der Waals surface area contributed by atoms with E-state index in [0.29, 0.717) is 21.3 Å². The van der Waals surface area contributed by atoms with E-state index in [0.717, 1.165) is 4.90 Å². The van der Waals surface area contributed by atoms with Crippen LogP contribution < -0.4 is 5.32 Å². The summed E-state index contributed by atoms with van der Waals surface area (Å²) in [5.74, 6) is -1.20. The van der Waals surface area contributed by atoms with Crippen molar-refractivity contribution in [3.63, 3.8) is 0 Å². The van der Waals surface area contributed by atoms with Crippen molar-refractivity contribution in [1.29, 1.82) is 0 Å². The van der Waals surface area contributed by atoms with Gasteiger partial charge in [0.25, 0.3) is 11.8 Å². The van der Waals surface area contributed by atoms with Crippen molar-refractivity contribution >= 4 is 46.6 Å². The highest BCUT2D eigenvalue weighted by molar-refractivity contribution is 6.33. The lowest BCUT2D eigenvalue weighted by atomic mass is 10.1. The van der Waals surface area contributed by atoms with Gasteiger partial charge in [0.2, 0.25) is 5.91 Å². The number of para-hydroxylation sites is 1. The molecule has 0 saturated carbocycles. The first-order chi connectivity index (χ1) is 11.5. The van der Waals surface area contributed by atoms with Gasteiger partial charge in [0.15, 0.2) is 0 Å². The van der Waals surface area contributed by atoms with Crippen LogP contribution in [0.3, 0.4) is 0 Å². The zero-order valence-corrected chi connectivity index (χ0v) is 13.9. The van der Waals surface area contributed by atoms with E-state index >= 15 is 0 Å². The van der Waals surface area contributed by atoms with Gasteiger partial charge in [-0.15, -0.1) is 0 Å². The third-order valence-electron chi connectivity index (χ3n) is 3.64. The molecule has 0 spiro atoms. The quantitative estimate of drug-likeness (QED) is 0.844. The SMILES string of the molecule is O=C(CCN1C(=O)c2ccc(Cl)cc2C1=O)Nc1ccccc1Cl. The van der Waals surface area contributed by atoms with E-state index < -0.39 is 11.8 Å². The minimum Gasteiger partial charge on any atom is -0.325 e. The molecule has 2 aromatic carbocycles. The molecule has 0 unspecified atom stereocenters. The molecule has 2 aromatic rings. The maximum Gasteiger partial charge on any atom is 0.261 e. The number of rotatable bonds is 4. The zero-order valence-electron chi connectivity index (χ0n) is 12.4. The Balaban J connectivity index is 1.65. The largest absolute Gasteiger partial charge is 0.325 e. The van der Waals surface area contributed by atoms with Crippen molar-refractivity contribution in [3.8, 4) is 0 Å². The van der Waals surface area contributed by atoms with Crippen LogP contribution in [0.1, 0.15) is 27.1 Å². The molecule has 1 heterocycles. The number of anilines is 1. The second kappa shape index (κ2) is 6.63. The maximum absolute atomic E-state index is 12.3. The van der Waals surface area contributed by atoms with Gasteiger partial charge < -0.3 is 5.32 Å². The Morgan fingerprint density at radius 3 is 2.46 bits per heavy atom. The average molecular weight is 363 g/mol. The molecule has 122 valence electrons. The molecular weight excluding hydrogens is 351 g/mol. The van der Waals surface area contributed by atoms with Crippen LogP contribution in [0.4, 0.5) is 5.69 Å². The number of amides is 3. The summed E-state index contributed by atoms with van der Waals surface area (Å²) in [5, 5.41) is 3.45. The van der Waals surface area contributed by atoms with Crippen molar-refractivity contribution in [2.45, 2.75) is 6.42 Å². The van der Waals surface area contributed by atoms with Gasteiger partial charge in [-0.05, 0) is 30.3 Å². The van der Waals surface area contributed by atoms with E-state index in [-0.39, 0.29) is 24.4 Å².